The number of aliphatic hydroxyl groups excluding tert-OH is 1. The first-order valence-corrected chi connectivity index (χ1v) is 8.30. The van der Waals surface area contributed by atoms with Gasteiger partial charge in [0.15, 0.2) is 0 Å². The summed E-state index contributed by atoms with van der Waals surface area (Å²) in [5.41, 5.74) is 1.68. The molecule has 1 aliphatic carbocycles. The number of aliphatic hydroxyl groups is 1. The number of amides is 2. The van der Waals surface area contributed by atoms with Gasteiger partial charge in [0.1, 0.15) is 0 Å². The van der Waals surface area contributed by atoms with Gasteiger partial charge in [0, 0.05) is 18.2 Å². The molecule has 0 aromatic heterocycles. The third-order valence-corrected chi connectivity index (χ3v) is 4.32. The lowest BCUT2D eigenvalue weighted by Gasteiger charge is -2.24. The first-order chi connectivity index (χ1) is 11.0. The van der Waals surface area contributed by atoms with E-state index in [1.165, 1.54) is 0 Å². The van der Waals surface area contributed by atoms with Gasteiger partial charge < -0.3 is 15.7 Å². The zero-order valence-electron chi connectivity index (χ0n) is 13.8. The molecule has 5 heteroatoms. The average molecular weight is 318 g/mol. The molecule has 23 heavy (non-hydrogen) atoms. The van der Waals surface area contributed by atoms with Gasteiger partial charge in [-0.15, -0.1) is 0 Å². The van der Waals surface area contributed by atoms with Crippen LogP contribution in [-0.2, 0) is 16.1 Å². The highest BCUT2D eigenvalue weighted by molar-refractivity contribution is 5.93. The number of hydrogen-bond donors (Lipinski definition) is 3. The van der Waals surface area contributed by atoms with Crippen LogP contribution in [0.25, 0.3) is 0 Å². The molecule has 1 fully saturated rings. The SMILES string of the molecule is CC(C)C(O)CC(=O)NCc1cccc(NC(=O)C2CCC2)c1. The number of anilines is 1. The van der Waals surface area contributed by atoms with E-state index in [4.69, 9.17) is 0 Å². The molecule has 1 aromatic carbocycles. The fourth-order valence-corrected chi connectivity index (χ4v) is 2.37. The first-order valence-electron chi connectivity index (χ1n) is 8.30. The molecule has 0 aliphatic heterocycles. The molecule has 3 N–H and O–H groups in total. The van der Waals surface area contributed by atoms with Gasteiger partial charge in [-0.05, 0) is 36.5 Å². The van der Waals surface area contributed by atoms with Gasteiger partial charge in [-0.3, -0.25) is 9.59 Å². The Balaban J connectivity index is 1.82. The minimum absolute atomic E-state index is 0.0609. The molecule has 1 unspecified atom stereocenters. The third kappa shape index (κ3) is 5.36. The fourth-order valence-electron chi connectivity index (χ4n) is 2.37. The van der Waals surface area contributed by atoms with Gasteiger partial charge in [-0.1, -0.05) is 32.4 Å². The summed E-state index contributed by atoms with van der Waals surface area (Å²) in [7, 11) is 0. The van der Waals surface area contributed by atoms with E-state index in [1.54, 1.807) is 0 Å². The van der Waals surface area contributed by atoms with Crippen LogP contribution in [0.3, 0.4) is 0 Å². The fraction of sp³-hybridized carbons (Fsp3) is 0.556. The Morgan fingerprint density at radius 1 is 1.30 bits per heavy atom. The highest BCUT2D eigenvalue weighted by atomic mass is 16.3. The second-order valence-corrected chi connectivity index (χ2v) is 6.61. The van der Waals surface area contributed by atoms with Crippen LogP contribution in [-0.4, -0.2) is 23.0 Å². The molecule has 2 amide bonds. The van der Waals surface area contributed by atoms with Gasteiger partial charge in [0.05, 0.1) is 12.5 Å². The quantitative estimate of drug-likeness (QED) is 0.722. The van der Waals surface area contributed by atoms with Crippen LogP contribution in [0.2, 0.25) is 0 Å². The van der Waals surface area contributed by atoms with E-state index < -0.39 is 6.10 Å². The van der Waals surface area contributed by atoms with Crippen molar-refractivity contribution in [3.63, 3.8) is 0 Å². The predicted octanol–water partition coefficient (Wildman–Crippen LogP) is 2.45. The van der Waals surface area contributed by atoms with Crippen LogP contribution in [0.5, 0.6) is 0 Å². The summed E-state index contributed by atoms with van der Waals surface area (Å²) in [6.45, 7) is 4.15. The van der Waals surface area contributed by atoms with E-state index in [0.717, 1.165) is 30.5 Å². The van der Waals surface area contributed by atoms with Gasteiger partial charge in [-0.2, -0.15) is 0 Å². The Bertz CT molecular complexity index is 553. The highest BCUT2D eigenvalue weighted by Crippen LogP contribution is 2.27. The summed E-state index contributed by atoms with van der Waals surface area (Å²) >= 11 is 0. The van der Waals surface area contributed by atoms with Gasteiger partial charge in [0.25, 0.3) is 0 Å². The molecular formula is C18H26N2O3. The Hall–Kier alpha value is -1.88. The van der Waals surface area contributed by atoms with Crippen molar-refractivity contribution in [3.8, 4) is 0 Å². The number of benzene rings is 1. The Kier molecular flexibility index (Phi) is 6.16. The first kappa shape index (κ1) is 17.5. The Morgan fingerprint density at radius 2 is 2.04 bits per heavy atom. The molecule has 1 saturated carbocycles. The lowest BCUT2D eigenvalue weighted by atomic mass is 9.85. The summed E-state index contributed by atoms with van der Waals surface area (Å²) in [5, 5.41) is 15.4. The van der Waals surface area contributed by atoms with E-state index in [0.29, 0.717) is 6.54 Å². The molecule has 0 spiro atoms. The van der Waals surface area contributed by atoms with Crippen LogP contribution in [0.1, 0.15) is 45.1 Å². The maximum Gasteiger partial charge on any atom is 0.227 e. The number of hydrogen-bond acceptors (Lipinski definition) is 3. The van der Waals surface area contributed by atoms with Crippen LogP contribution < -0.4 is 10.6 Å². The van der Waals surface area contributed by atoms with E-state index in [9.17, 15) is 14.7 Å². The summed E-state index contributed by atoms with van der Waals surface area (Å²) in [6.07, 6.45) is 2.56. The van der Waals surface area contributed by atoms with Crippen LogP contribution in [0.15, 0.2) is 24.3 Å². The smallest absolute Gasteiger partial charge is 0.227 e. The molecule has 126 valence electrons. The molecule has 0 saturated heterocycles. The largest absolute Gasteiger partial charge is 0.392 e. The van der Waals surface area contributed by atoms with Crippen molar-refractivity contribution in [1.82, 2.24) is 5.32 Å². The van der Waals surface area contributed by atoms with Crippen molar-refractivity contribution in [2.24, 2.45) is 11.8 Å². The van der Waals surface area contributed by atoms with Crippen LogP contribution >= 0.6 is 0 Å². The molecule has 0 bridgehead atoms. The van der Waals surface area contributed by atoms with Gasteiger partial charge in [-0.25, -0.2) is 0 Å². The maximum atomic E-state index is 11.9. The molecule has 1 aromatic rings. The number of carbonyl (C=O) groups is 2. The molecule has 0 radical (unpaired) electrons. The summed E-state index contributed by atoms with van der Waals surface area (Å²) in [4.78, 5) is 23.7. The number of carbonyl (C=O) groups excluding carboxylic acids is 2. The van der Waals surface area contributed by atoms with Crippen molar-refractivity contribution in [2.45, 2.75) is 52.2 Å². The number of nitrogens with one attached hydrogen (secondary N) is 2. The minimum atomic E-state index is -0.622. The van der Waals surface area contributed by atoms with Gasteiger partial charge >= 0.3 is 0 Å². The molecular weight excluding hydrogens is 292 g/mol. The van der Waals surface area contributed by atoms with E-state index in [2.05, 4.69) is 10.6 Å². The summed E-state index contributed by atoms with van der Waals surface area (Å²) in [5.74, 6) is 0.120. The maximum absolute atomic E-state index is 11.9. The Labute approximate surface area is 137 Å². The van der Waals surface area contributed by atoms with Crippen LogP contribution in [0, 0.1) is 11.8 Å². The summed E-state index contributed by atoms with van der Waals surface area (Å²) < 4.78 is 0. The van der Waals surface area contributed by atoms with Crippen molar-refractivity contribution in [1.29, 1.82) is 0 Å². The molecule has 1 aliphatic rings. The van der Waals surface area contributed by atoms with E-state index in [-0.39, 0.29) is 30.1 Å². The van der Waals surface area contributed by atoms with Crippen molar-refractivity contribution in [3.05, 3.63) is 29.8 Å². The molecule has 0 heterocycles. The topological polar surface area (TPSA) is 78.4 Å². The van der Waals surface area contributed by atoms with Crippen molar-refractivity contribution >= 4 is 17.5 Å². The molecule has 2 rings (SSSR count). The monoisotopic (exact) mass is 318 g/mol. The van der Waals surface area contributed by atoms with Crippen molar-refractivity contribution in [2.75, 3.05) is 5.32 Å². The average Bonchev–Trinajstić information content (AvgIpc) is 2.43. The van der Waals surface area contributed by atoms with Gasteiger partial charge in [0.2, 0.25) is 11.8 Å². The summed E-state index contributed by atoms with van der Waals surface area (Å²) in [6, 6.07) is 7.49. The lowest BCUT2D eigenvalue weighted by molar-refractivity contribution is -0.124. The number of rotatable bonds is 7. The minimum Gasteiger partial charge on any atom is -0.392 e. The molecule has 5 nitrogen and oxygen atoms in total. The second-order valence-electron chi connectivity index (χ2n) is 6.61. The normalized spacial score (nSPS) is 15.8. The lowest BCUT2D eigenvalue weighted by Crippen LogP contribution is -2.29. The van der Waals surface area contributed by atoms with Crippen LogP contribution in [0.4, 0.5) is 5.69 Å². The standard InChI is InChI=1S/C18H26N2O3/c1-12(2)16(21)10-17(22)19-11-13-5-3-8-15(9-13)20-18(23)14-6-4-7-14/h3,5,8-9,12,14,16,21H,4,6-7,10-11H2,1-2H3,(H,19,22)(H,20,23). The third-order valence-electron chi connectivity index (χ3n) is 4.32. The Morgan fingerprint density at radius 3 is 2.65 bits per heavy atom. The zero-order valence-corrected chi connectivity index (χ0v) is 13.8. The molecule has 1 atom stereocenters. The predicted molar refractivity (Wildman–Crippen MR) is 89.7 cm³/mol. The highest BCUT2D eigenvalue weighted by Gasteiger charge is 2.25. The van der Waals surface area contributed by atoms with E-state index in [1.807, 2.05) is 38.1 Å². The van der Waals surface area contributed by atoms with E-state index >= 15 is 0 Å². The second kappa shape index (κ2) is 8.11. The zero-order chi connectivity index (χ0) is 16.8. The van der Waals surface area contributed by atoms with Crippen molar-refractivity contribution < 1.29 is 14.7 Å².